The Kier molecular flexibility index (Phi) is 5.52. The molecule has 116 valence electrons. The van der Waals surface area contributed by atoms with E-state index in [1.807, 2.05) is 19.1 Å². The highest BCUT2D eigenvalue weighted by Gasteiger charge is 2.25. The number of halogens is 1. The molecule has 0 spiro atoms. The van der Waals surface area contributed by atoms with Gasteiger partial charge in [-0.15, -0.1) is 12.4 Å². The molecule has 22 heavy (non-hydrogen) atoms. The van der Waals surface area contributed by atoms with E-state index in [0.717, 1.165) is 29.8 Å². The van der Waals surface area contributed by atoms with Crippen LogP contribution in [-0.2, 0) is 4.79 Å². The number of aromatic nitrogens is 1. The molecule has 1 aromatic heterocycles. The molecule has 1 aliphatic heterocycles. The summed E-state index contributed by atoms with van der Waals surface area (Å²) in [5.74, 6) is 0.267. The van der Waals surface area contributed by atoms with Crippen LogP contribution in [0.25, 0.3) is 11.1 Å². The molecule has 0 bridgehead atoms. The smallest absolute Gasteiger partial charge is 0.226 e. The highest BCUT2D eigenvalue weighted by atomic mass is 35.5. The van der Waals surface area contributed by atoms with Crippen molar-refractivity contribution >= 4 is 18.3 Å². The second-order valence-corrected chi connectivity index (χ2v) is 5.44. The Labute approximate surface area is 136 Å². The monoisotopic (exact) mass is 317 g/mol. The van der Waals surface area contributed by atoms with Crippen LogP contribution in [0.2, 0.25) is 0 Å². The standard InChI is InChI=1S/C17H19N3O.ClH/c1-12(20-17(21)16-10-19-11-16)13-2-4-14(5-3-13)15-6-8-18-9-7-15;/h2-9,12,16,19H,10-11H2,1H3,(H,20,21);1H. The molecular weight excluding hydrogens is 298 g/mol. The Bertz CT molecular complexity index is 612. The van der Waals surface area contributed by atoms with Crippen LogP contribution in [0.4, 0.5) is 0 Å². The van der Waals surface area contributed by atoms with Gasteiger partial charge in [-0.05, 0) is 35.7 Å². The maximum atomic E-state index is 11.9. The van der Waals surface area contributed by atoms with Crippen molar-refractivity contribution in [3.8, 4) is 11.1 Å². The number of carbonyl (C=O) groups excluding carboxylic acids is 1. The zero-order valence-electron chi connectivity index (χ0n) is 12.5. The second kappa shape index (κ2) is 7.38. The summed E-state index contributed by atoms with van der Waals surface area (Å²) in [6, 6.07) is 12.3. The number of hydrogen-bond acceptors (Lipinski definition) is 3. The van der Waals surface area contributed by atoms with Crippen LogP contribution in [0.1, 0.15) is 18.5 Å². The number of nitrogens with one attached hydrogen (secondary N) is 2. The highest BCUT2D eigenvalue weighted by molar-refractivity contribution is 5.85. The molecular formula is C17H20ClN3O. The molecule has 3 rings (SSSR count). The number of pyridine rings is 1. The van der Waals surface area contributed by atoms with Gasteiger partial charge in [0.05, 0.1) is 12.0 Å². The fourth-order valence-corrected chi connectivity index (χ4v) is 2.40. The number of rotatable bonds is 4. The van der Waals surface area contributed by atoms with Gasteiger partial charge in [-0.25, -0.2) is 0 Å². The molecule has 0 radical (unpaired) electrons. The van der Waals surface area contributed by atoms with Crippen molar-refractivity contribution in [3.63, 3.8) is 0 Å². The van der Waals surface area contributed by atoms with E-state index >= 15 is 0 Å². The summed E-state index contributed by atoms with van der Waals surface area (Å²) < 4.78 is 0. The lowest BCUT2D eigenvalue weighted by Gasteiger charge is -2.27. The normalized spacial score (nSPS) is 15.3. The predicted molar refractivity (Wildman–Crippen MR) is 89.8 cm³/mol. The third kappa shape index (κ3) is 3.64. The Morgan fingerprint density at radius 2 is 1.73 bits per heavy atom. The molecule has 1 aliphatic rings. The lowest BCUT2D eigenvalue weighted by Crippen LogP contribution is -2.51. The van der Waals surface area contributed by atoms with Gasteiger partial charge in [0.25, 0.3) is 0 Å². The minimum Gasteiger partial charge on any atom is -0.349 e. The van der Waals surface area contributed by atoms with Gasteiger partial charge < -0.3 is 10.6 Å². The van der Waals surface area contributed by atoms with Crippen LogP contribution in [-0.4, -0.2) is 24.0 Å². The van der Waals surface area contributed by atoms with Crippen molar-refractivity contribution in [2.24, 2.45) is 5.92 Å². The first-order chi connectivity index (χ1) is 10.2. The Morgan fingerprint density at radius 1 is 1.14 bits per heavy atom. The molecule has 5 heteroatoms. The van der Waals surface area contributed by atoms with Gasteiger partial charge >= 0.3 is 0 Å². The number of amides is 1. The van der Waals surface area contributed by atoms with Crippen LogP contribution >= 0.6 is 12.4 Å². The molecule has 1 aromatic carbocycles. The summed E-state index contributed by atoms with van der Waals surface area (Å²) in [4.78, 5) is 16.0. The molecule has 4 nitrogen and oxygen atoms in total. The molecule has 1 amide bonds. The molecule has 1 unspecified atom stereocenters. The van der Waals surface area contributed by atoms with E-state index in [2.05, 4.69) is 39.9 Å². The largest absolute Gasteiger partial charge is 0.349 e. The molecule has 1 atom stereocenters. The van der Waals surface area contributed by atoms with Crippen LogP contribution in [0.3, 0.4) is 0 Å². The molecule has 2 N–H and O–H groups in total. The minimum atomic E-state index is 0. The van der Waals surface area contributed by atoms with Crippen molar-refractivity contribution in [2.75, 3.05) is 13.1 Å². The summed E-state index contributed by atoms with van der Waals surface area (Å²) in [7, 11) is 0. The van der Waals surface area contributed by atoms with Crippen LogP contribution in [0.15, 0.2) is 48.8 Å². The van der Waals surface area contributed by atoms with E-state index in [0.29, 0.717) is 0 Å². The Hall–Kier alpha value is -1.91. The number of hydrogen-bond donors (Lipinski definition) is 2. The Balaban J connectivity index is 0.00000176. The average molecular weight is 318 g/mol. The molecule has 1 saturated heterocycles. The van der Waals surface area contributed by atoms with E-state index in [9.17, 15) is 4.79 Å². The summed E-state index contributed by atoms with van der Waals surface area (Å²) in [5, 5.41) is 6.18. The van der Waals surface area contributed by atoms with Gasteiger partial charge in [0.1, 0.15) is 0 Å². The topological polar surface area (TPSA) is 54.0 Å². The van der Waals surface area contributed by atoms with Crippen molar-refractivity contribution in [1.29, 1.82) is 0 Å². The summed E-state index contributed by atoms with van der Waals surface area (Å²) in [6.45, 7) is 3.60. The maximum Gasteiger partial charge on any atom is 0.226 e. The van der Waals surface area contributed by atoms with Gasteiger partial charge in [0.15, 0.2) is 0 Å². The van der Waals surface area contributed by atoms with Crippen molar-refractivity contribution in [1.82, 2.24) is 15.6 Å². The summed E-state index contributed by atoms with van der Waals surface area (Å²) in [5.41, 5.74) is 3.42. The second-order valence-electron chi connectivity index (χ2n) is 5.44. The quantitative estimate of drug-likeness (QED) is 0.911. The Morgan fingerprint density at radius 3 is 2.27 bits per heavy atom. The maximum absolute atomic E-state index is 11.9. The van der Waals surface area contributed by atoms with Gasteiger partial charge in [-0.1, -0.05) is 24.3 Å². The fourth-order valence-electron chi connectivity index (χ4n) is 2.40. The highest BCUT2D eigenvalue weighted by Crippen LogP contribution is 2.21. The van der Waals surface area contributed by atoms with E-state index in [1.54, 1.807) is 12.4 Å². The fraction of sp³-hybridized carbons (Fsp3) is 0.294. The predicted octanol–water partition coefficient (Wildman–Crippen LogP) is 2.57. The summed E-state index contributed by atoms with van der Waals surface area (Å²) >= 11 is 0. The van der Waals surface area contributed by atoms with Crippen molar-refractivity contribution in [2.45, 2.75) is 13.0 Å². The first kappa shape index (κ1) is 16.5. The third-order valence-electron chi connectivity index (χ3n) is 3.94. The molecule has 2 aromatic rings. The molecule has 2 heterocycles. The van der Waals surface area contributed by atoms with Crippen LogP contribution in [0.5, 0.6) is 0 Å². The first-order valence-corrected chi connectivity index (χ1v) is 7.25. The number of benzene rings is 1. The molecule has 1 fully saturated rings. The average Bonchev–Trinajstić information content (AvgIpc) is 2.46. The van der Waals surface area contributed by atoms with Gasteiger partial charge in [-0.3, -0.25) is 9.78 Å². The van der Waals surface area contributed by atoms with E-state index < -0.39 is 0 Å². The van der Waals surface area contributed by atoms with Gasteiger partial charge in [0, 0.05) is 25.5 Å². The van der Waals surface area contributed by atoms with E-state index in [4.69, 9.17) is 0 Å². The van der Waals surface area contributed by atoms with Gasteiger partial charge in [-0.2, -0.15) is 0 Å². The van der Waals surface area contributed by atoms with E-state index in [-0.39, 0.29) is 30.3 Å². The SMILES string of the molecule is CC(NC(=O)C1CNC1)c1ccc(-c2ccncc2)cc1.Cl. The lowest BCUT2D eigenvalue weighted by atomic mass is 9.99. The number of carbonyl (C=O) groups is 1. The van der Waals surface area contributed by atoms with Crippen molar-refractivity contribution in [3.05, 3.63) is 54.4 Å². The summed E-state index contributed by atoms with van der Waals surface area (Å²) in [6.07, 6.45) is 3.58. The van der Waals surface area contributed by atoms with Gasteiger partial charge in [0.2, 0.25) is 5.91 Å². The minimum absolute atomic E-state index is 0. The molecule has 0 aliphatic carbocycles. The number of nitrogens with zero attached hydrogens (tertiary/aromatic N) is 1. The zero-order chi connectivity index (χ0) is 14.7. The third-order valence-corrected chi connectivity index (χ3v) is 3.94. The molecule has 0 saturated carbocycles. The van der Waals surface area contributed by atoms with E-state index in [1.165, 1.54) is 0 Å². The first-order valence-electron chi connectivity index (χ1n) is 7.25. The van der Waals surface area contributed by atoms with Crippen LogP contribution < -0.4 is 10.6 Å². The van der Waals surface area contributed by atoms with Crippen LogP contribution in [0, 0.1) is 5.92 Å². The lowest BCUT2D eigenvalue weighted by molar-refractivity contribution is -0.127. The van der Waals surface area contributed by atoms with Crippen molar-refractivity contribution < 1.29 is 4.79 Å². The zero-order valence-corrected chi connectivity index (χ0v) is 13.3.